The van der Waals surface area contributed by atoms with E-state index in [0.29, 0.717) is 37.0 Å². The number of aliphatic hydroxyl groups excluding tert-OH is 1. The van der Waals surface area contributed by atoms with Crippen molar-refractivity contribution in [1.82, 2.24) is 41.0 Å². The molecule has 7 amide bonds. The molecule has 3 aliphatic heterocycles. The molecule has 452 valence electrons. The maximum atomic E-state index is 15.1. The predicted octanol–water partition coefficient (Wildman–Crippen LogP) is 2.53. The van der Waals surface area contributed by atoms with Gasteiger partial charge in [-0.2, -0.15) is 5.10 Å². The van der Waals surface area contributed by atoms with E-state index in [2.05, 4.69) is 26.5 Å². The monoisotopic (exact) mass is 1140 g/mol. The van der Waals surface area contributed by atoms with Crippen molar-refractivity contribution in [3.63, 3.8) is 0 Å². The number of esters is 2. The average Bonchev–Trinajstić information content (AvgIpc) is 4.23. The van der Waals surface area contributed by atoms with Crippen LogP contribution in [0.4, 0.5) is 0 Å². The molecule has 3 fully saturated rings. The van der Waals surface area contributed by atoms with Gasteiger partial charge in [-0.05, 0) is 101 Å². The van der Waals surface area contributed by atoms with Crippen LogP contribution in [0.3, 0.4) is 0 Å². The lowest BCUT2D eigenvalue weighted by atomic mass is 9.91. The number of benzene rings is 1. The fraction of sp³-hybridized carbons (Fsp3) is 0.707. The van der Waals surface area contributed by atoms with E-state index in [0.717, 1.165) is 0 Å². The second-order valence-corrected chi connectivity index (χ2v) is 23.2. The van der Waals surface area contributed by atoms with E-state index in [4.69, 9.17) is 14.2 Å². The fourth-order valence-corrected chi connectivity index (χ4v) is 10.7. The van der Waals surface area contributed by atoms with Crippen molar-refractivity contribution in [2.45, 2.75) is 195 Å². The normalized spacial score (nSPS) is 27.1. The number of aliphatic hydroxyl groups is 1. The Morgan fingerprint density at radius 2 is 1.53 bits per heavy atom. The average molecular weight is 1140 g/mol. The molecule has 0 unspecified atom stereocenters. The number of cyclic esters (lactones) is 2. The summed E-state index contributed by atoms with van der Waals surface area (Å²) < 4.78 is 17.3. The minimum absolute atomic E-state index is 0.0897. The van der Waals surface area contributed by atoms with Gasteiger partial charge in [0.05, 0.1) is 31.6 Å². The lowest BCUT2D eigenvalue weighted by Gasteiger charge is -2.36. The second-order valence-electron chi connectivity index (χ2n) is 23.2. The number of rotatable bonds is 16. The smallest absolute Gasteiger partial charge is 0.329 e. The second kappa shape index (κ2) is 30.4. The van der Waals surface area contributed by atoms with Crippen molar-refractivity contribution >= 4 is 64.8 Å². The van der Waals surface area contributed by atoms with Gasteiger partial charge < -0.3 is 60.3 Å². The first-order chi connectivity index (χ1) is 38.1. The summed E-state index contributed by atoms with van der Waals surface area (Å²) in [4.78, 5) is 150. The van der Waals surface area contributed by atoms with Gasteiger partial charge in [0.1, 0.15) is 53.8 Å². The first kappa shape index (κ1) is 66.9. The highest BCUT2D eigenvalue weighted by Crippen LogP contribution is 2.27. The third kappa shape index (κ3) is 17.4. The Morgan fingerprint density at radius 1 is 0.889 bits per heavy atom. The SMILES string of the molecule is CC[C@H](C)[C@@H]1NC(=O)[C@@H](NC(=O)[C@@H](CC(C)C)N(C)C(=O)[C@@H]2CCCN2C(=O)/C(C)=N/NC)[C@@H](C)OC(=O)[C@H](Cc2ccc(OC)cc2)N(C)C(=O)[C@@H]2CCCN2C(=O)[C@H](CC(C)C)NC(=O)[C@@H](C)C(=O)[C@H](C(C)C)OC(=O)C[C@@H]1O. The number of Topliss-reactive ketones (excluding diaryl/α,β-unsaturated/α-hetero) is 1. The highest BCUT2D eigenvalue weighted by atomic mass is 16.6. The number of hydrogen-bond acceptors (Lipinski definition) is 16. The van der Waals surface area contributed by atoms with E-state index in [1.165, 1.54) is 61.6 Å². The summed E-state index contributed by atoms with van der Waals surface area (Å²) in [5.41, 5.74) is 3.30. The topological polar surface area (TPSA) is 292 Å². The number of fused-ring (bicyclic) bond motifs is 1. The summed E-state index contributed by atoms with van der Waals surface area (Å²) in [6.07, 6.45) is -3.47. The summed E-state index contributed by atoms with van der Waals surface area (Å²) in [6, 6.07) is -2.06. The number of hydrazone groups is 1. The Hall–Kier alpha value is -6.65. The molecule has 3 saturated heterocycles. The molecule has 1 aromatic carbocycles. The molecule has 81 heavy (non-hydrogen) atoms. The Labute approximate surface area is 477 Å². The molecular weight excluding hydrogens is 1050 g/mol. The van der Waals surface area contributed by atoms with E-state index in [9.17, 15) is 48.3 Å². The van der Waals surface area contributed by atoms with Crippen LogP contribution in [0.15, 0.2) is 29.4 Å². The van der Waals surface area contributed by atoms with Gasteiger partial charge in [-0.1, -0.05) is 73.9 Å². The van der Waals surface area contributed by atoms with Gasteiger partial charge in [0.25, 0.3) is 5.91 Å². The lowest BCUT2D eigenvalue weighted by molar-refractivity contribution is -0.163. The van der Waals surface area contributed by atoms with Crippen LogP contribution in [0.1, 0.15) is 133 Å². The highest BCUT2D eigenvalue weighted by molar-refractivity contribution is 6.38. The third-order valence-corrected chi connectivity index (χ3v) is 15.7. The number of likely N-dealkylation sites (tertiary alicyclic amines) is 1. The quantitative estimate of drug-likeness (QED) is 0.0688. The van der Waals surface area contributed by atoms with Gasteiger partial charge >= 0.3 is 11.9 Å². The predicted molar refractivity (Wildman–Crippen MR) is 301 cm³/mol. The van der Waals surface area contributed by atoms with Crippen LogP contribution in [0.5, 0.6) is 5.75 Å². The molecule has 12 atom stereocenters. The van der Waals surface area contributed by atoms with Crippen molar-refractivity contribution in [2.24, 2.45) is 34.7 Å². The Morgan fingerprint density at radius 3 is 2.11 bits per heavy atom. The van der Waals surface area contributed by atoms with Crippen LogP contribution >= 0.6 is 0 Å². The molecule has 0 bridgehead atoms. The molecule has 23 nitrogen and oxygen atoms in total. The zero-order chi connectivity index (χ0) is 60.7. The van der Waals surface area contributed by atoms with Crippen LogP contribution < -0.4 is 26.1 Å². The lowest BCUT2D eigenvalue weighted by Crippen LogP contribution is -2.62. The van der Waals surface area contributed by atoms with Crippen molar-refractivity contribution in [2.75, 3.05) is 41.3 Å². The zero-order valence-electron chi connectivity index (χ0n) is 50.2. The Balaban J connectivity index is 1.89. The van der Waals surface area contributed by atoms with Crippen LogP contribution in [0, 0.1) is 29.6 Å². The zero-order valence-corrected chi connectivity index (χ0v) is 50.2. The fourth-order valence-electron chi connectivity index (χ4n) is 10.7. The highest BCUT2D eigenvalue weighted by Gasteiger charge is 2.46. The number of nitrogens with zero attached hydrogens (tertiary/aromatic N) is 5. The van der Waals surface area contributed by atoms with E-state index >= 15 is 4.79 Å². The van der Waals surface area contributed by atoms with Gasteiger partial charge in [0, 0.05) is 40.7 Å². The van der Waals surface area contributed by atoms with E-state index in [-0.39, 0.29) is 56.3 Å². The molecule has 0 saturated carbocycles. The molecule has 1 aromatic rings. The first-order valence-corrected chi connectivity index (χ1v) is 28.6. The van der Waals surface area contributed by atoms with Gasteiger partial charge in [-0.15, -0.1) is 0 Å². The largest absolute Gasteiger partial charge is 0.497 e. The molecule has 3 heterocycles. The molecule has 0 aliphatic carbocycles. The summed E-state index contributed by atoms with van der Waals surface area (Å²) in [6.45, 7) is 18.8. The van der Waals surface area contributed by atoms with Gasteiger partial charge in [-0.3, -0.25) is 43.2 Å². The molecule has 23 heteroatoms. The number of carbonyl (C=O) groups excluding carboxylic acids is 10. The van der Waals surface area contributed by atoms with E-state index < -0.39 is 144 Å². The van der Waals surface area contributed by atoms with Crippen molar-refractivity contribution in [3.05, 3.63) is 29.8 Å². The summed E-state index contributed by atoms with van der Waals surface area (Å²) in [7, 11) is 5.88. The minimum atomic E-state index is -1.75. The number of ketones is 1. The molecule has 4 rings (SSSR count). The summed E-state index contributed by atoms with van der Waals surface area (Å²) in [5.74, 6) is -9.94. The molecule has 0 spiro atoms. The standard InChI is InChI=1S/C58H91N9O14/c1-16-34(8)47-45(68)30-46(69)81-50(33(6)7)49(70)35(9)51(71)60-40(27-31(2)3)55(75)67-26-18-20-42(67)57(77)65(14)44(29-38-21-23-39(79-15)24-22-38)58(78)80-37(11)48(53(73)61-47)62-52(72)43(28-32(4)5)64(13)56(76)41-19-17-25-66(41)54(74)36(10)63-59-12/h21-24,31-35,37,40-45,47-48,50,59,68H,16-20,25-30H2,1-15H3,(H,60,71)(H,61,73)(H,62,72)/b63-36+/t34-,35-,37+,40-,41-,42-,43+,44-,45-,47-,48-,50-/m0/s1. The molecule has 5 N–H and O–H groups in total. The van der Waals surface area contributed by atoms with Crippen molar-refractivity contribution < 1.29 is 67.3 Å². The molecule has 0 radical (unpaired) electrons. The first-order valence-electron chi connectivity index (χ1n) is 28.6. The van der Waals surface area contributed by atoms with Crippen LogP contribution in [-0.2, 0) is 63.8 Å². The summed E-state index contributed by atoms with van der Waals surface area (Å²) >= 11 is 0. The molecule has 0 aromatic heterocycles. The van der Waals surface area contributed by atoms with Gasteiger partial charge in [0.2, 0.25) is 35.4 Å². The number of methoxy groups -OCH3 is 1. The van der Waals surface area contributed by atoms with Crippen LogP contribution in [0.25, 0.3) is 0 Å². The number of amides is 7. The number of nitrogens with one attached hydrogen (secondary N) is 4. The van der Waals surface area contributed by atoms with Gasteiger partial charge in [0.15, 0.2) is 11.9 Å². The van der Waals surface area contributed by atoms with E-state index in [1.807, 2.05) is 27.7 Å². The van der Waals surface area contributed by atoms with Crippen molar-refractivity contribution in [1.29, 1.82) is 0 Å². The Bertz CT molecular complexity index is 2430. The van der Waals surface area contributed by atoms with Crippen molar-refractivity contribution in [3.8, 4) is 5.75 Å². The minimum Gasteiger partial charge on any atom is -0.497 e. The summed E-state index contributed by atoms with van der Waals surface area (Å²) in [5, 5.41) is 24.2. The molecule has 3 aliphatic rings. The number of hydrogen-bond donors (Lipinski definition) is 5. The molecular formula is C58H91N9O14. The maximum Gasteiger partial charge on any atom is 0.329 e. The number of likely N-dealkylation sites (N-methyl/N-ethyl adjacent to an activating group) is 2. The van der Waals surface area contributed by atoms with Gasteiger partial charge in [-0.25, -0.2) is 4.79 Å². The van der Waals surface area contributed by atoms with Crippen LogP contribution in [-0.4, -0.2) is 191 Å². The third-order valence-electron chi connectivity index (χ3n) is 15.7. The van der Waals surface area contributed by atoms with Crippen LogP contribution in [0.2, 0.25) is 0 Å². The van der Waals surface area contributed by atoms with E-state index in [1.54, 1.807) is 59.0 Å². The Kier molecular flexibility index (Phi) is 25.1. The number of carbonyl (C=O) groups is 10. The maximum absolute atomic E-state index is 15.1. The number of ether oxygens (including phenoxy) is 3.